The summed E-state index contributed by atoms with van der Waals surface area (Å²) in [7, 11) is 0. The first-order valence-electron chi connectivity index (χ1n) is 8.18. The number of benzene rings is 2. The lowest BCUT2D eigenvalue weighted by atomic mass is 9.86. The summed E-state index contributed by atoms with van der Waals surface area (Å²) in [6.45, 7) is 1.99. The second kappa shape index (κ2) is 6.02. The summed E-state index contributed by atoms with van der Waals surface area (Å²) in [5.74, 6) is 0.390. The van der Waals surface area contributed by atoms with Gasteiger partial charge in [-0.2, -0.15) is 0 Å². The largest absolute Gasteiger partial charge is 0.310 e. The van der Waals surface area contributed by atoms with Gasteiger partial charge in [0.15, 0.2) is 0 Å². The zero-order chi connectivity index (χ0) is 17.4. The van der Waals surface area contributed by atoms with Crippen molar-refractivity contribution >= 4 is 11.7 Å². The molecule has 4 rings (SSSR count). The molecule has 1 aliphatic heterocycles. The van der Waals surface area contributed by atoms with Crippen molar-refractivity contribution < 1.29 is 4.79 Å². The number of rotatable bonds is 2. The second-order valence-electron chi connectivity index (χ2n) is 6.26. The standard InChI is InChI=1S/C20H17N3O2/c1-12-6-5-9-14(10-12)15-11-16(24)21-19-17(15)20(25)23-18(22-19)13-7-3-2-4-8-13/h2-10,15H,11H2,1H3,(H2,21,22,23,24,25)/t15-/m1/s1. The highest BCUT2D eigenvalue weighted by Gasteiger charge is 2.31. The Morgan fingerprint density at radius 2 is 1.84 bits per heavy atom. The molecule has 0 fully saturated rings. The summed E-state index contributed by atoms with van der Waals surface area (Å²) in [4.78, 5) is 32.3. The average Bonchev–Trinajstić information content (AvgIpc) is 2.61. The first kappa shape index (κ1) is 15.3. The average molecular weight is 331 g/mol. The van der Waals surface area contributed by atoms with Gasteiger partial charge in [-0.25, -0.2) is 4.98 Å². The third-order valence-corrected chi connectivity index (χ3v) is 4.44. The molecular weight excluding hydrogens is 314 g/mol. The van der Waals surface area contributed by atoms with Crippen LogP contribution in [0.25, 0.3) is 11.4 Å². The van der Waals surface area contributed by atoms with Crippen LogP contribution in [0.1, 0.15) is 29.0 Å². The van der Waals surface area contributed by atoms with Gasteiger partial charge in [0.05, 0.1) is 5.56 Å². The van der Waals surface area contributed by atoms with Crippen LogP contribution in [0.15, 0.2) is 59.4 Å². The van der Waals surface area contributed by atoms with Crippen LogP contribution in [-0.4, -0.2) is 15.9 Å². The van der Waals surface area contributed by atoms with E-state index in [9.17, 15) is 9.59 Å². The minimum atomic E-state index is -0.287. The predicted octanol–water partition coefficient (Wildman–Crippen LogP) is 3.22. The van der Waals surface area contributed by atoms with E-state index in [1.165, 1.54) is 0 Å². The van der Waals surface area contributed by atoms with Crippen molar-refractivity contribution in [3.63, 3.8) is 0 Å². The summed E-state index contributed by atoms with van der Waals surface area (Å²) in [6, 6.07) is 17.3. The molecule has 0 radical (unpaired) electrons. The van der Waals surface area contributed by atoms with Gasteiger partial charge < -0.3 is 10.3 Å². The number of hydrogen-bond acceptors (Lipinski definition) is 3. The van der Waals surface area contributed by atoms with Crippen LogP contribution in [-0.2, 0) is 4.79 Å². The fourth-order valence-corrected chi connectivity index (χ4v) is 3.28. The molecule has 5 heteroatoms. The lowest BCUT2D eigenvalue weighted by molar-refractivity contribution is -0.116. The number of hydrogen-bond donors (Lipinski definition) is 2. The maximum Gasteiger partial charge on any atom is 0.257 e. The van der Waals surface area contributed by atoms with Gasteiger partial charge in [0.1, 0.15) is 11.6 Å². The highest BCUT2D eigenvalue weighted by atomic mass is 16.2. The molecule has 1 aliphatic rings. The molecule has 25 heavy (non-hydrogen) atoms. The molecule has 2 heterocycles. The van der Waals surface area contributed by atoms with Crippen LogP contribution in [0.2, 0.25) is 0 Å². The number of carbonyl (C=O) groups excluding carboxylic acids is 1. The number of nitrogens with one attached hydrogen (secondary N) is 2. The summed E-state index contributed by atoms with van der Waals surface area (Å²) in [5, 5.41) is 2.76. The molecule has 5 nitrogen and oxygen atoms in total. The second-order valence-corrected chi connectivity index (χ2v) is 6.26. The number of carbonyl (C=O) groups is 1. The Hall–Kier alpha value is -3.21. The van der Waals surface area contributed by atoms with Gasteiger partial charge in [-0.15, -0.1) is 0 Å². The lowest BCUT2D eigenvalue weighted by Crippen LogP contribution is -2.31. The Balaban J connectivity index is 1.87. The van der Waals surface area contributed by atoms with E-state index in [4.69, 9.17) is 0 Å². The van der Waals surface area contributed by atoms with E-state index in [2.05, 4.69) is 15.3 Å². The molecule has 2 aromatic carbocycles. The maximum atomic E-state index is 12.8. The SMILES string of the molecule is Cc1cccc([C@H]2CC(=O)Nc3nc(-c4ccccc4)[nH]c(=O)c32)c1. The Kier molecular flexibility index (Phi) is 3.69. The summed E-state index contributed by atoms with van der Waals surface area (Å²) in [5.41, 5.74) is 3.15. The molecule has 0 unspecified atom stereocenters. The summed E-state index contributed by atoms with van der Waals surface area (Å²) >= 11 is 0. The van der Waals surface area contributed by atoms with Crippen molar-refractivity contribution in [2.24, 2.45) is 0 Å². The van der Waals surface area contributed by atoms with Crippen LogP contribution in [0.3, 0.4) is 0 Å². The van der Waals surface area contributed by atoms with Gasteiger partial charge in [-0.3, -0.25) is 9.59 Å². The highest BCUT2D eigenvalue weighted by Crippen LogP contribution is 2.34. The van der Waals surface area contributed by atoms with Gasteiger partial charge in [0.2, 0.25) is 5.91 Å². The number of nitrogens with zero attached hydrogens (tertiary/aromatic N) is 1. The molecule has 0 bridgehead atoms. The number of fused-ring (bicyclic) bond motifs is 1. The molecular formula is C20H17N3O2. The monoisotopic (exact) mass is 331 g/mol. The van der Waals surface area contributed by atoms with E-state index in [0.29, 0.717) is 17.2 Å². The van der Waals surface area contributed by atoms with E-state index < -0.39 is 0 Å². The first-order valence-corrected chi connectivity index (χ1v) is 8.18. The van der Waals surface area contributed by atoms with Gasteiger partial charge in [0.25, 0.3) is 5.56 Å². The number of aryl methyl sites for hydroxylation is 1. The molecule has 124 valence electrons. The lowest BCUT2D eigenvalue weighted by Gasteiger charge is -2.24. The van der Waals surface area contributed by atoms with Gasteiger partial charge in [-0.05, 0) is 12.5 Å². The normalized spacial score (nSPS) is 16.2. The fraction of sp³-hybridized carbons (Fsp3) is 0.150. The van der Waals surface area contributed by atoms with E-state index in [0.717, 1.165) is 16.7 Å². The minimum absolute atomic E-state index is 0.129. The van der Waals surface area contributed by atoms with Crippen LogP contribution in [0.4, 0.5) is 5.82 Å². The van der Waals surface area contributed by atoms with Crippen molar-refractivity contribution in [3.05, 3.63) is 81.6 Å². The minimum Gasteiger partial charge on any atom is -0.310 e. The van der Waals surface area contributed by atoms with Crippen LogP contribution >= 0.6 is 0 Å². The molecule has 0 aliphatic carbocycles. The van der Waals surface area contributed by atoms with Crippen molar-refractivity contribution in [2.45, 2.75) is 19.3 Å². The van der Waals surface area contributed by atoms with Gasteiger partial charge in [0, 0.05) is 17.9 Å². The van der Waals surface area contributed by atoms with E-state index in [-0.39, 0.29) is 23.8 Å². The Bertz CT molecular complexity index is 1010. The van der Waals surface area contributed by atoms with Crippen molar-refractivity contribution in [3.8, 4) is 11.4 Å². The van der Waals surface area contributed by atoms with Gasteiger partial charge in [-0.1, -0.05) is 60.2 Å². The Labute approximate surface area is 144 Å². The molecule has 3 aromatic rings. The molecule has 0 saturated heterocycles. The zero-order valence-corrected chi connectivity index (χ0v) is 13.7. The number of aromatic amines is 1. The quantitative estimate of drug-likeness (QED) is 0.757. The van der Waals surface area contributed by atoms with Crippen LogP contribution < -0.4 is 10.9 Å². The molecule has 1 amide bonds. The van der Waals surface area contributed by atoms with E-state index in [1.807, 2.05) is 61.5 Å². The Morgan fingerprint density at radius 3 is 2.60 bits per heavy atom. The molecule has 0 saturated carbocycles. The van der Waals surface area contributed by atoms with Crippen molar-refractivity contribution in [2.75, 3.05) is 5.32 Å². The summed E-state index contributed by atoms with van der Waals surface area (Å²) < 4.78 is 0. The van der Waals surface area contributed by atoms with Crippen LogP contribution in [0.5, 0.6) is 0 Å². The van der Waals surface area contributed by atoms with Crippen molar-refractivity contribution in [1.82, 2.24) is 9.97 Å². The molecule has 1 aromatic heterocycles. The summed E-state index contributed by atoms with van der Waals surface area (Å²) in [6.07, 6.45) is 0.242. The molecule has 0 spiro atoms. The smallest absolute Gasteiger partial charge is 0.257 e. The zero-order valence-electron chi connectivity index (χ0n) is 13.7. The molecule has 1 atom stereocenters. The van der Waals surface area contributed by atoms with Gasteiger partial charge >= 0.3 is 0 Å². The predicted molar refractivity (Wildman–Crippen MR) is 96.6 cm³/mol. The van der Waals surface area contributed by atoms with Crippen molar-refractivity contribution in [1.29, 1.82) is 0 Å². The number of anilines is 1. The number of aromatic nitrogens is 2. The van der Waals surface area contributed by atoms with E-state index in [1.54, 1.807) is 0 Å². The number of H-pyrrole nitrogens is 1. The number of amides is 1. The molecule has 2 N–H and O–H groups in total. The highest BCUT2D eigenvalue weighted by molar-refractivity contribution is 5.94. The fourth-order valence-electron chi connectivity index (χ4n) is 3.28. The Morgan fingerprint density at radius 1 is 1.04 bits per heavy atom. The third-order valence-electron chi connectivity index (χ3n) is 4.44. The topological polar surface area (TPSA) is 74.8 Å². The van der Waals surface area contributed by atoms with E-state index >= 15 is 0 Å². The maximum absolute atomic E-state index is 12.8. The van der Waals surface area contributed by atoms with Crippen LogP contribution in [0, 0.1) is 6.92 Å². The third kappa shape index (κ3) is 2.85. The first-order chi connectivity index (χ1) is 12.1.